The normalized spacial score (nSPS) is 10.3. The van der Waals surface area contributed by atoms with E-state index in [9.17, 15) is 4.39 Å². The zero-order valence-corrected chi connectivity index (χ0v) is 18.9. The van der Waals surface area contributed by atoms with Crippen molar-refractivity contribution in [1.82, 2.24) is 5.32 Å². The molecule has 3 nitrogen and oxygen atoms in total. The highest BCUT2D eigenvalue weighted by atomic mass is 79.9. The Kier molecular flexibility index (Phi) is 9.24. The monoisotopic (exact) mass is 499 g/mol. The van der Waals surface area contributed by atoms with Crippen LogP contribution in [0.2, 0.25) is 5.02 Å². The number of methoxy groups -OCH3 is 1. The third kappa shape index (κ3) is 6.89. The number of benzene rings is 3. The molecule has 0 saturated heterocycles. The van der Waals surface area contributed by atoms with Gasteiger partial charge < -0.3 is 14.8 Å². The van der Waals surface area contributed by atoms with Gasteiger partial charge in [0.05, 0.1) is 11.6 Å². The highest BCUT2D eigenvalue weighted by Crippen LogP contribution is 2.37. The molecule has 3 aromatic rings. The topological polar surface area (TPSA) is 30.5 Å². The average Bonchev–Trinajstić information content (AvgIpc) is 2.69. The van der Waals surface area contributed by atoms with Crippen LogP contribution in [0.15, 0.2) is 65.1 Å². The van der Waals surface area contributed by atoms with E-state index in [1.54, 1.807) is 19.2 Å². The zero-order chi connectivity index (χ0) is 19.9. The minimum Gasteiger partial charge on any atom is -0.493 e. The van der Waals surface area contributed by atoms with Crippen molar-refractivity contribution in [2.24, 2.45) is 0 Å². The van der Waals surface area contributed by atoms with Crippen molar-refractivity contribution < 1.29 is 13.9 Å². The predicted octanol–water partition coefficient (Wildman–Crippen LogP) is 6.54. The summed E-state index contributed by atoms with van der Waals surface area (Å²) in [6, 6.07) is 17.9. The Hall–Kier alpha value is -1.79. The summed E-state index contributed by atoms with van der Waals surface area (Å²) >= 11 is 9.49. The molecule has 0 atom stereocenters. The molecule has 0 bridgehead atoms. The second kappa shape index (κ2) is 11.4. The van der Waals surface area contributed by atoms with Crippen molar-refractivity contribution in [2.75, 3.05) is 7.11 Å². The number of hydrogen-bond acceptors (Lipinski definition) is 3. The standard InChI is InChI=1S/C22H20BrClFNO2.ClH/c1-27-21-11-17(13-26-12-15-4-8-19(25)9-5-15)10-20(23)22(21)28-14-16-2-6-18(24)7-3-16;/h2-11,26H,12-14H2,1H3;1H. The molecule has 3 rings (SSSR count). The first kappa shape index (κ1) is 23.5. The van der Waals surface area contributed by atoms with Crippen LogP contribution < -0.4 is 14.8 Å². The minimum absolute atomic E-state index is 0. The fourth-order valence-electron chi connectivity index (χ4n) is 2.70. The maximum absolute atomic E-state index is 13.0. The van der Waals surface area contributed by atoms with E-state index in [4.69, 9.17) is 21.1 Å². The van der Waals surface area contributed by atoms with Crippen LogP contribution in [-0.2, 0) is 19.7 Å². The van der Waals surface area contributed by atoms with Crippen LogP contribution in [0.4, 0.5) is 4.39 Å². The maximum atomic E-state index is 13.0. The molecule has 0 saturated carbocycles. The van der Waals surface area contributed by atoms with Crippen molar-refractivity contribution in [1.29, 1.82) is 0 Å². The Balaban J connectivity index is 0.00000300. The van der Waals surface area contributed by atoms with Gasteiger partial charge in [0.15, 0.2) is 11.5 Å². The molecule has 0 fully saturated rings. The van der Waals surface area contributed by atoms with E-state index >= 15 is 0 Å². The van der Waals surface area contributed by atoms with Gasteiger partial charge in [-0.05, 0) is 69.0 Å². The molecule has 0 heterocycles. The molecular weight excluding hydrogens is 480 g/mol. The van der Waals surface area contributed by atoms with Crippen molar-refractivity contribution in [3.63, 3.8) is 0 Å². The number of nitrogens with one attached hydrogen (secondary N) is 1. The molecule has 0 unspecified atom stereocenters. The van der Waals surface area contributed by atoms with E-state index in [0.29, 0.717) is 36.2 Å². The van der Waals surface area contributed by atoms with E-state index in [-0.39, 0.29) is 18.2 Å². The van der Waals surface area contributed by atoms with E-state index in [1.165, 1.54) is 12.1 Å². The number of rotatable bonds is 8. The smallest absolute Gasteiger partial charge is 0.175 e. The lowest BCUT2D eigenvalue weighted by atomic mass is 10.1. The van der Waals surface area contributed by atoms with Gasteiger partial charge in [0.25, 0.3) is 0 Å². The lowest BCUT2D eigenvalue weighted by Crippen LogP contribution is -2.13. The number of ether oxygens (including phenoxy) is 2. The molecule has 29 heavy (non-hydrogen) atoms. The van der Waals surface area contributed by atoms with E-state index in [1.807, 2.05) is 36.4 Å². The van der Waals surface area contributed by atoms with Crippen LogP contribution in [-0.4, -0.2) is 7.11 Å². The Morgan fingerprint density at radius 3 is 2.21 bits per heavy atom. The van der Waals surface area contributed by atoms with E-state index in [2.05, 4.69) is 21.2 Å². The molecule has 154 valence electrons. The lowest BCUT2D eigenvalue weighted by molar-refractivity contribution is 0.282. The highest BCUT2D eigenvalue weighted by molar-refractivity contribution is 9.10. The molecule has 0 aliphatic carbocycles. The predicted molar refractivity (Wildman–Crippen MR) is 121 cm³/mol. The van der Waals surface area contributed by atoms with Crippen LogP contribution in [0.5, 0.6) is 11.5 Å². The van der Waals surface area contributed by atoms with Gasteiger partial charge in [-0.3, -0.25) is 0 Å². The third-order valence-electron chi connectivity index (χ3n) is 4.16. The largest absolute Gasteiger partial charge is 0.493 e. The van der Waals surface area contributed by atoms with Gasteiger partial charge in [-0.1, -0.05) is 35.9 Å². The second-order valence-electron chi connectivity index (χ2n) is 6.25. The van der Waals surface area contributed by atoms with Crippen molar-refractivity contribution in [3.05, 3.63) is 92.7 Å². The summed E-state index contributed by atoms with van der Waals surface area (Å²) in [6.45, 7) is 1.70. The molecule has 7 heteroatoms. The average molecular weight is 501 g/mol. The van der Waals surface area contributed by atoms with Crippen LogP contribution in [0.25, 0.3) is 0 Å². The van der Waals surface area contributed by atoms with Gasteiger partial charge >= 0.3 is 0 Å². The SMILES string of the molecule is COc1cc(CNCc2ccc(F)cc2)cc(Br)c1OCc1ccc(Cl)cc1.Cl. The summed E-state index contributed by atoms with van der Waals surface area (Å²) in [5.41, 5.74) is 3.09. The van der Waals surface area contributed by atoms with Crippen molar-refractivity contribution in [2.45, 2.75) is 19.7 Å². The maximum Gasteiger partial charge on any atom is 0.175 e. The van der Waals surface area contributed by atoms with Crippen LogP contribution in [0.3, 0.4) is 0 Å². The summed E-state index contributed by atoms with van der Waals surface area (Å²) < 4.78 is 25.3. The van der Waals surface area contributed by atoms with E-state index in [0.717, 1.165) is 21.2 Å². The molecule has 0 amide bonds. The van der Waals surface area contributed by atoms with Gasteiger partial charge in [0.2, 0.25) is 0 Å². The zero-order valence-electron chi connectivity index (χ0n) is 15.8. The number of halogens is 4. The van der Waals surface area contributed by atoms with Crippen LogP contribution >= 0.6 is 39.9 Å². The Morgan fingerprint density at radius 2 is 1.55 bits per heavy atom. The molecule has 3 aromatic carbocycles. The van der Waals surface area contributed by atoms with Gasteiger partial charge in [-0.25, -0.2) is 4.39 Å². The molecule has 0 aliphatic heterocycles. The summed E-state index contributed by atoms with van der Waals surface area (Å²) in [6.07, 6.45) is 0. The van der Waals surface area contributed by atoms with Gasteiger partial charge in [0, 0.05) is 18.1 Å². The number of hydrogen-bond donors (Lipinski definition) is 1. The minimum atomic E-state index is -0.230. The first-order chi connectivity index (χ1) is 13.5. The third-order valence-corrected chi connectivity index (χ3v) is 5.00. The summed E-state index contributed by atoms with van der Waals surface area (Å²) in [4.78, 5) is 0. The fraction of sp³-hybridized carbons (Fsp3) is 0.182. The molecule has 0 aliphatic rings. The highest BCUT2D eigenvalue weighted by Gasteiger charge is 2.12. The van der Waals surface area contributed by atoms with Crippen molar-refractivity contribution >= 4 is 39.9 Å². The Morgan fingerprint density at radius 1 is 0.931 bits per heavy atom. The Bertz CT molecular complexity index is 921. The quantitative estimate of drug-likeness (QED) is 0.380. The molecular formula is C22H21BrCl2FNO2. The summed E-state index contributed by atoms with van der Waals surface area (Å²) in [7, 11) is 1.62. The fourth-order valence-corrected chi connectivity index (χ4v) is 3.43. The van der Waals surface area contributed by atoms with Gasteiger partial charge in [0.1, 0.15) is 12.4 Å². The molecule has 0 radical (unpaired) electrons. The second-order valence-corrected chi connectivity index (χ2v) is 7.54. The van der Waals surface area contributed by atoms with Gasteiger partial charge in [-0.15, -0.1) is 12.4 Å². The summed E-state index contributed by atoms with van der Waals surface area (Å²) in [5, 5.41) is 4.04. The first-order valence-corrected chi connectivity index (χ1v) is 9.91. The lowest BCUT2D eigenvalue weighted by Gasteiger charge is -2.15. The van der Waals surface area contributed by atoms with E-state index < -0.39 is 0 Å². The molecule has 0 spiro atoms. The summed E-state index contributed by atoms with van der Waals surface area (Å²) in [5.74, 6) is 1.08. The van der Waals surface area contributed by atoms with Crippen molar-refractivity contribution in [3.8, 4) is 11.5 Å². The van der Waals surface area contributed by atoms with Gasteiger partial charge in [-0.2, -0.15) is 0 Å². The Labute approximate surface area is 189 Å². The van der Waals surface area contributed by atoms with Crippen LogP contribution in [0.1, 0.15) is 16.7 Å². The molecule has 1 N–H and O–H groups in total. The first-order valence-electron chi connectivity index (χ1n) is 8.74. The van der Waals surface area contributed by atoms with Crippen LogP contribution in [0, 0.1) is 5.82 Å². The molecule has 0 aromatic heterocycles.